The predicted molar refractivity (Wildman–Crippen MR) is 131 cm³/mol. The van der Waals surface area contributed by atoms with Gasteiger partial charge < -0.3 is 19.3 Å². The van der Waals surface area contributed by atoms with E-state index < -0.39 is 41.2 Å². The number of carbonyl (C=O) groups excluding carboxylic acids is 3. The topological polar surface area (TPSA) is 114 Å². The van der Waals surface area contributed by atoms with Crippen molar-refractivity contribution < 1.29 is 33.7 Å². The molecule has 0 radical (unpaired) electrons. The highest BCUT2D eigenvalue weighted by Gasteiger charge is 2.69. The number of anilines is 1. The summed E-state index contributed by atoms with van der Waals surface area (Å²) in [6, 6.07) is 19.4. The maximum atomic E-state index is 14.2. The molecule has 3 aliphatic heterocycles. The Balaban J connectivity index is 1.52. The molecule has 2 fully saturated rings. The Morgan fingerprint density at radius 2 is 1.68 bits per heavy atom. The zero-order chi connectivity index (χ0) is 25.7. The van der Waals surface area contributed by atoms with Crippen LogP contribution in [-0.4, -0.2) is 43.2 Å². The Labute approximate surface area is 212 Å². The fourth-order valence-corrected chi connectivity index (χ4v) is 5.73. The molecule has 9 heteroatoms. The summed E-state index contributed by atoms with van der Waals surface area (Å²) in [7, 11) is 1.26. The molecule has 3 heterocycles. The van der Waals surface area contributed by atoms with Gasteiger partial charge in [0.15, 0.2) is 17.0 Å². The molecule has 3 aromatic carbocycles. The van der Waals surface area contributed by atoms with Crippen LogP contribution >= 0.6 is 0 Å². The third kappa shape index (κ3) is 3.38. The number of nitrogens with one attached hydrogen (secondary N) is 1. The minimum Gasteiger partial charge on any atom is -0.508 e. The molecule has 2 amide bonds. The Hall–Kier alpha value is -4.37. The second-order valence-electron chi connectivity index (χ2n) is 9.22. The van der Waals surface area contributed by atoms with Crippen molar-refractivity contribution in [2.24, 2.45) is 11.8 Å². The first-order valence-electron chi connectivity index (χ1n) is 11.9. The lowest BCUT2D eigenvalue weighted by atomic mass is 9.75. The third-order valence-corrected chi connectivity index (χ3v) is 7.33. The van der Waals surface area contributed by atoms with E-state index in [-0.39, 0.29) is 5.75 Å². The lowest BCUT2D eigenvalue weighted by molar-refractivity contribution is -0.152. The largest absolute Gasteiger partial charge is 0.508 e. The number of fused-ring (bicyclic) bond motifs is 2. The van der Waals surface area contributed by atoms with E-state index in [9.17, 15) is 19.5 Å². The number of rotatable bonds is 4. The molecule has 4 atom stereocenters. The van der Waals surface area contributed by atoms with Crippen molar-refractivity contribution in [2.45, 2.75) is 11.6 Å². The van der Waals surface area contributed by atoms with Crippen LogP contribution in [-0.2, 0) is 24.7 Å². The molecule has 0 bridgehead atoms. The summed E-state index contributed by atoms with van der Waals surface area (Å²) >= 11 is 0. The Morgan fingerprint density at radius 1 is 0.973 bits per heavy atom. The van der Waals surface area contributed by atoms with Crippen molar-refractivity contribution in [3.63, 3.8) is 0 Å². The number of esters is 1. The number of amides is 2. The number of aromatic hydroxyl groups is 1. The minimum atomic E-state index is -1.61. The smallest absolute Gasteiger partial charge is 0.331 e. The van der Waals surface area contributed by atoms with Crippen LogP contribution in [0.1, 0.15) is 17.2 Å². The fourth-order valence-electron chi connectivity index (χ4n) is 5.73. The molecule has 0 spiro atoms. The SMILES string of the molecule is COC(=O)[C@]1(c2ccccc2)N[C@H](c2ccc(O)cc2)[C@@H]2C(=O)N(c3ccc4c(c3)OCCO4)C(=O)[C@@H]21. The van der Waals surface area contributed by atoms with E-state index in [2.05, 4.69) is 5.32 Å². The van der Waals surface area contributed by atoms with E-state index in [1.165, 1.54) is 19.2 Å². The van der Waals surface area contributed by atoms with E-state index in [1.807, 2.05) is 6.07 Å². The predicted octanol–water partition coefficient (Wildman–Crippen LogP) is 2.68. The number of hydrogen-bond acceptors (Lipinski definition) is 8. The van der Waals surface area contributed by atoms with Gasteiger partial charge in [0.1, 0.15) is 19.0 Å². The quantitative estimate of drug-likeness (QED) is 0.415. The van der Waals surface area contributed by atoms with Gasteiger partial charge in [-0.05, 0) is 35.4 Å². The molecule has 6 rings (SSSR count). The number of methoxy groups -OCH3 is 1. The van der Waals surface area contributed by atoms with Crippen molar-refractivity contribution in [3.8, 4) is 17.2 Å². The lowest BCUT2D eigenvalue weighted by Gasteiger charge is -2.33. The minimum absolute atomic E-state index is 0.0623. The van der Waals surface area contributed by atoms with E-state index >= 15 is 0 Å². The summed E-state index contributed by atoms with van der Waals surface area (Å²) in [4.78, 5) is 42.9. The number of carbonyl (C=O) groups is 3. The molecule has 2 N–H and O–H groups in total. The van der Waals surface area contributed by atoms with Gasteiger partial charge in [0.25, 0.3) is 0 Å². The van der Waals surface area contributed by atoms with Gasteiger partial charge in [-0.2, -0.15) is 0 Å². The molecule has 37 heavy (non-hydrogen) atoms. The zero-order valence-corrected chi connectivity index (χ0v) is 19.9. The van der Waals surface area contributed by atoms with E-state index in [4.69, 9.17) is 14.2 Å². The highest BCUT2D eigenvalue weighted by atomic mass is 16.6. The second-order valence-corrected chi connectivity index (χ2v) is 9.22. The van der Waals surface area contributed by atoms with E-state index in [1.54, 1.807) is 54.6 Å². The first-order chi connectivity index (χ1) is 18.0. The van der Waals surface area contributed by atoms with Crippen molar-refractivity contribution >= 4 is 23.5 Å². The van der Waals surface area contributed by atoms with E-state index in [0.717, 1.165) is 4.90 Å². The van der Waals surface area contributed by atoms with Crippen LogP contribution in [0, 0.1) is 11.8 Å². The number of imide groups is 1. The van der Waals surface area contributed by atoms with Gasteiger partial charge >= 0.3 is 5.97 Å². The van der Waals surface area contributed by atoms with Gasteiger partial charge in [-0.3, -0.25) is 14.9 Å². The van der Waals surface area contributed by atoms with Crippen molar-refractivity contribution in [3.05, 3.63) is 83.9 Å². The van der Waals surface area contributed by atoms with Crippen LogP contribution < -0.4 is 19.7 Å². The number of nitrogens with zero attached hydrogens (tertiary/aromatic N) is 1. The number of benzene rings is 3. The van der Waals surface area contributed by atoms with Gasteiger partial charge in [-0.25, -0.2) is 9.69 Å². The van der Waals surface area contributed by atoms with Crippen LogP contribution in [0.4, 0.5) is 5.69 Å². The van der Waals surface area contributed by atoms with Crippen LogP contribution in [0.3, 0.4) is 0 Å². The highest BCUT2D eigenvalue weighted by Crippen LogP contribution is 2.54. The van der Waals surface area contributed by atoms with Crippen LogP contribution in [0.15, 0.2) is 72.8 Å². The molecule has 0 unspecified atom stereocenters. The monoisotopic (exact) mass is 500 g/mol. The summed E-state index contributed by atoms with van der Waals surface area (Å²) in [5.41, 5.74) is -0.105. The molecular formula is C28H24N2O7. The number of hydrogen-bond donors (Lipinski definition) is 2. The molecule has 2 saturated heterocycles. The second kappa shape index (κ2) is 8.63. The van der Waals surface area contributed by atoms with Crippen LogP contribution in [0.5, 0.6) is 17.2 Å². The Morgan fingerprint density at radius 3 is 2.38 bits per heavy atom. The molecule has 9 nitrogen and oxygen atoms in total. The zero-order valence-electron chi connectivity index (χ0n) is 19.9. The molecular weight excluding hydrogens is 476 g/mol. The Bertz CT molecular complexity index is 1390. The number of phenolic OH excluding ortho intramolecular Hbond substituents is 1. The van der Waals surface area contributed by atoms with Crippen LogP contribution in [0.25, 0.3) is 0 Å². The molecule has 0 aliphatic carbocycles. The fraction of sp³-hybridized carbons (Fsp3) is 0.250. The molecule has 3 aromatic rings. The third-order valence-electron chi connectivity index (χ3n) is 7.33. The average molecular weight is 501 g/mol. The number of phenols is 1. The summed E-state index contributed by atoms with van der Waals surface area (Å²) in [6.45, 7) is 0.771. The van der Waals surface area contributed by atoms with Gasteiger partial charge in [-0.15, -0.1) is 0 Å². The highest BCUT2D eigenvalue weighted by molar-refractivity contribution is 6.24. The normalized spacial score (nSPS) is 26.2. The summed E-state index contributed by atoms with van der Waals surface area (Å²) in [5.74, 6) is -2.59. The van der Waals surface area contributed by atoms with Crippen molar-refractivity contribution in [2.75, 3.05) is 25.2 Å². The van der Waals surface area contributed by atoms with Crippen molar-refractivity contribution in [1.29, 1.82) is 0 Å². The maximum absolute atomic E-state index is 14.2. The summed E-state index contributed by atoms with van der Waals surface area (Å²) in [5, 5.41) is 13.2. The first kappa shape index (κ1) is 23.1. The van der Waals surface area contributed by atoms with Gasteiger partial charge in [0, 0.05) is 12.1 Å². The Kier molecular flexibility index (Phi) is 5.38. The molecule has 0 saturated carbocycles. The molecule has 3 aliphatic rings. The van der Waals surface area contributed by atoms with Gasteiger partial charge in [0.05, 0.1) is 24.6 Å². The van der Waals surface area contributed by atoms with Gasteiger partial charge in [0.2, 0.25) is 11.8 Å². The lowest BCUT2D eigenvalue weighted by Crippen LogP contribution is -2.53. The van der Waals surface area contributed by atoms with Crippen LogP contribution in [0.2, 0.25) is 0 Å². The first-order valence-corrected chi connectivity index (χ1v) is 11.9. The molecule has 188 valence electrons. The molecule has 0 aromatic heterocycles. The summed E-state index contributed by atoms with van der Waals surface area (Å²) in [6.07, 6.45) is 0. The summed E-state index contributed by atoms with van der Waals surface area (Å²) < 4.78 is 16.5. The standard InChI is InChI=1S/C28H24N2O7/c1-35-27(34)28(17-5-3-2-4-6-17)23-22(24(29-28)16-7-10-19(31)11-8-16)25(32)30(26(23)33)18-9-12-20-21(15-18)37-14-13-36-20/h2-12,15,22-24,29,31H,13-14H2,1H3/t22-,23-,24-,28-/m1/s1. The average Bonchev–Trinajstić information content (AvgIpc) is 3.43. The number of ether oxygens (including phenoxy) is 3. The van der Waals surface area contributed by atoms with E-state index in [0.29, 0.717) is 41.5 Å². The van der Waals surface area contributed by atoms with Crippen molar-refractivity contribution in [1.82, 2.24) is 5.32 Å². The van der Waals surface area contributed by atoms with Gasteiger partial charge in [-0.1, -0.05) is 42.5 Å². The maximum Gasteiger partial charge on any atom is 0.331 e.